The van der Waals surface area contributed by atoms with E-state index in [0.717, 1.165) is 6.54 Å². The van der Waals surface area contributed by atoms with Crippen LogP contribution in [0.25, 0.3) is 10.4 Å². The van der Waals surface area contributed by atoms with Gasteiger partial charge in [0.2, 0.25) is 0 Å². The van der Waals surface area contributed by atoms with Crippen LogP contribution in [0.1, 0.15) is 40.3 Å². The Labute approximate surface area is 220 Å². The van der Waals surface area contributed by atoms with Crippen LogP contribution in [0.4, 0.5) is 0 Å². The Bertz CT molecular complexity index is 1080. The lowest BCUT2D eigenvalue weighted by Crippen LogP contribution is -2.35. The van der Waals surface area contributed by atoms with Crippen LogP contribution < -0.4 is 0 Å². The Morgan fingerprint density at radius 2 is 1.26 bits per heavy atom. The van der Waals surface area contributed by atoms with Crippen molar-refractivity contribution in [1.29, 1.82) is 0 Å². The maximum atomic E-state index is 2.66. The third-order valence-electron chi connectivity index (χ3n) is 6.87. The van der Waals surface area contributed by atoms with Gasteiger partial charge in [-0.05, 0) is 67.1 Å². The summed E-state index contributed by atoms with van der Waals surface area (Å²) in [6, 6.07) is 35.4. The first kappa shape index (κ1) is 26.5. The van der Waals surface area contributed by atoms with Crippen molar-refractivity contribution in [2.75, 3.05) is 13.1 Å². The molecule has 1 fully saturated rings. The van der Waals surface area contributed by atoms with E-state index in [4.69, 9.17) is 0 Å². The van der Waals surface area contributed by atoms with E-state index >= 15 is 0 Å². The molecule has 1 saturated heterocycles. The van der Waals surface area contributed by atoms with Gasteiger partial charge in [0, 0.05) is 22.2 Å². The molecule has 0 aliphatic carbocycles. The number of rotatable bonds is 6. The molecule has 0 spiro atoms. The molecule has 1 aliphatic heterocycles. The molecule has 0 saturated carbocycles. The largest absolute Gasteiger partial charge is 0.298 e. The van der Waals surface area contributed by atoms with E-state index in [-0.39, 0.29) is 24.8 Å². The maximum Gasteiger partial charge on any atom is 0.0348 e. The first-order valence-corrected chi connectivity index (χ1v) is 12.6. The lowest BCUT2D eigenvalue weighted by molar-refractivity contribution is 0.169. The van der Waals surface area contributed by atoms with Gasteiger partial charge in [-0.1, -0.05) is 91.0 Å². The predicted octanol–water partition coefficient (Wildman–Crippen LogP) is 8.61. The molecule has 4 heteroatoms. The van der Waals surface area contributed by atoms with Crippen LogP contribution in [0.5, 0.6) is 0 Å². The molecule has 5 rings (SSSR count). The Balaban J connectivity index is 0.00000162. The second-order valence-corrected chi connectivity index (χ2v) is 10.1. The van der Waals surface area contributed by atoms with Gasteiger partial charge in [0.25, 0.3) is 0 Å². The highest BCUT2D eigenvalue weighted by Crippen LogP contribution is 2.39. The summed E-state index contributed by atoms with van der Waals surface area (Å²) >= 11 is 1.97. The molecule has 178 valence electrons. The normalized spacial score (nSPS) is 14.4. The van der Waals surface area contributed by atoms with Crippen LogP contribution in [0.3, 0.4) is 0 Å². The van der Waals surface area contributed by atoms with Gasteiger partial charge in [-0.3, -0.25) is 4.90 Å². The average Bonchev–Trinajstić information content (AvgIpc) is 3.22. The van der Waals surface area contributed by atoms with E-state index < -0.39 is 0 Å². The van der Waals surface area contributed by atoms with Gasteiger partial charge in [-0.15, -0.1) is 36.2 Å². The number of benzene rings is 3. The summed E-state index contributed by atoms with van der Waals surface area (Å²) in [6.07, 6.45) is 2.51. The standard InChI is InChI=1S/C30H31NS.2ClH/c1-23-21-28(24-11-5-2-6-12-24)32-29(23)22-31-19-17-27(18-20-31)30(25-13-7-3-8-14-25)26-15-9-4-10-16-26;;/h2-16,21,27,30H,17-20,22H2,1H3;2*1H. The minimum absolute atomic E-state index is 0. The van der Waals surface area contributed by atoms with E-state index in [1.807, 2.05) is 11.3 Å². The molecule has 2 heterocycles. The van der Waals surface area contributed by atoms with E-state index in [2.05, 4.69) is 109 Å². The van der Waals surface area contributed by atoms with Crippen molar-refractivity contribution in [1.82, 2.24) is 4.90 Å². The fourth-order valence-electron chi connectivity index (χ4n) is 5.13. The fourth-order valence-corrected chi connectivity index (χ4v) is 6.35. The van der Waals surface area contributed by atoms with Gasteiger partial charge in [-0.25, -0.2) is 0 Å². The van der Waals surface area contributed by atoms with Gasteiger partial charge < -0.3 is 0 Å². The van der Waals surface area contributed by atoms with Crippen LogP contribution in [0.15, 0.2) is 97.1 Å². The van der Waals surface area contributed by atoms with Gasteiger partial charge >= 0.3 is 0 Å². The summed E-state index contributed by atoms with van der Waals surface area (Å²) < 4.78 is 0. The van der Waals surface area contributed by atoms with Gasteiger partial charge in [0.1, 0.15) is 0 Å². The summed E-state index contributed by atoms with van der Waals surface area (Å²) in [6.45, 7) is 5.71. The van der Waals surface area contributed by atoms with Crippen molar-refractivity contribution < 1.29 is 0 Å². The number of piperidine rings is 1. The third-order valence-corrected chi connectivity index (χ3v) is 8.14. The SMILES string of the molecule is Cc1cc(-c2ccccc2)sc1CN1CCC(C(c2ccccc2)c2ccccc2)CC1.Cl.Cl. The highest BCUT2D eigenvalue weighted by atomic mass is 35.5. The summed E-state index contributed by atoms with van der Waals surface area (Å²) in [7, 11) is 0. The monoisotopic (exact) mass is 509 g/mol. The fraction of sp³-hybridized carbons (Fsp3) is 0.267. The van der Waals surface area contributed by atoms with Gasteiger partial charge in [0.15, 0.2) is 0 Å². The van der Waals surface area contributed by atoms with Crippen molar-refractivity contribution in [3.63, 3.8) is 0 Å². The van der Waals surface area contributed by atoms with Crippen LogP contribution in [-0.2, 0) is 6.54 Å². The number of aryl methyl sites for hydroxylation is 1. The Kier molecular flexibility index (Phi) is 9.79. The lowest BCUT2D eigenvalue weighted by atomic mass is 9.76. The first-order valence-electron chi connectivity index (χ1n) is 11.7. The maximum absolute atomic E-state index is 2.66. The molecular formula is C30H33Cl2NS. The van der Waals surface area contributed by atoms with Crippen molar-refractivity contribution >= 4 is 36.2 Å². The second kappa shape index (κ2) is 12.6. The number of likely N-dealkylation sites (tertiary alicyclic amines) is 1. The Morgan fingerprint density at radius 3 is 1.79 bits per heavy atom. The van der Waals surface area contributed by atoms with Crippen LogP contribution in [0, 0.1) is 12.8 Å². The first-order chi connectivity index (χ1) is 15.8. The summed E-state index contributed by atoms with van der Waals surface area (Å²) in [5, 5.41) is 0. The molecule has 0 radical (unpaired) electrons. The van der Waals surface area contributed by atoms with Gasteiger partial charge in [0.05, 0.1) is 0 Å². The second-order valence-electron chi connectivity index (χ2n) is 9.00. The molecular weight excluding hydrogens is 477 g/mol. The molecule has 1 aromatic heterocycles. The quantitative estimate of drug-likeness (QED) is 0.251. The topological polar surface area (TPSA) is 3.24 Å². The predicted molar refractivity (Wildman–Crippen MR) is 152 cm³/mol. The Morgan fingerprint density at radius 1 is 0.765 bits per heavy atom. The number of hydrogen-bond acceptors (Lipinski definition) is 2. The zero-order chi connectivity index (χ0) is 21.8. The van der Waals surface area contributed by atoms with Crippen molar-refractivity contribution in [3.8, 4) is 10.4 Å². The van der Waals surface area contributed by atoms with Crippen molar-refractivity contribution in [2.24, 2.45) is 5.92 Å². The van der Waals surface area contributed by atoms with Crippen LogP contribution in [0.2, 0.25) is 0 Å². The zero-order valence-corrected chi connectivity index (χ0v) is 22.0. The van der Waals surface area contributed by atoms with Crippen molar-refractivity contribution in [2.45, 2.75) is 32.2 Å². The smallest absolute Gasteiger partial charge is 0.0348 e. The van der Waals surface area contributed by atoms with Crippen LogP contribution in [-0.4, -0.2) is 18.0 Å². The minimum Gasteiger partial charge on any atom is -0.298 e. The number of thiophene rings is 1. The lowest BCUT2D eigenvalue weighted by Gasteiger charge is -2.36. The van der Waals surface area contributed by atoms with E-state index in [1.165, 1.54) is 57.9 Å². The minimum atomic E-state index is 0. The zero-order valence-electron chi connectivity index (χ0n) is 19.6. The number of nitrogens with zero attached hydrogens (tertiary/aromatic N) is 1. The summed E-state index contributed by atoms with van der Waals surface area (Å²) in [5.74, 6) is 1.19. The molecule has 0 amide bonds. The molecule has 34 heavy (non-hydrogen) atoms. The van der Waals surface area contributed by atoms with E-state index in [9.17, 15) is 0 Å². The molecule has 3 aromatic carbocycles. The molecule has 1 aliphatic rings. The van der Waals surface area contributed by atoms with E-state index in [1.54, 1.807) is 0 Å². The summed E-state index contributed by atoms with van der Waals surface area (Å²) in [4.78, 5) is 5.57. The molecule has 4 aromatic rings. The summed E-state index contributed by atoms with van der Waals surface area (Å²) in [5.41, 5.74) is 5.68. The van der Waals surface area contributed by atoms with Gasteiger partial charge in [-0.2, -0.15) is 0 Å². The van der Waals surface area contributed by atoms with E-state index in [0.29, 0.717) is 11.8 Å². The third kappa shape index (κ3) is 6.12. The van der Waals surface area contributed by atoms with Crippen molar-refractivity contribution in [3.05, 3.63) is 119 Å². The molecule has 0 atom stereocenters. The highest BCUT2D eigenvalue weighted by Gasteiger charge is 2.29. The van der Waals surface area contributed by atoms with Crippen LogP contribution >= 0.6 is 36.2 Å². The molecule has 0 bridgehead atoms. The number of hydrogen-bond donors (Lipinski definition) is 0. The highest BCUT2D eigenvalue weighted by molar-refractivity contribution is 7.15. The Hall–Kier alpha value is -2.10. The molecule has 0 unspecified atom stereocenters. The molecule has 0 N–H and O–H groups in total. The molecule has 1 nitrogen and oxygen atoms in total. The number of halogens is 2. The average molecular weight is 511 g/mol.